The minimum atomic E-state index is -0.0806. The van der Waals surface area contributed by atoms with Gasteiger partial charge in [-0.1, -0.05) is 32.4 Å². The average molecular weight is 251 g/mol. The number of halogens is 1. The fourth-order valence-electron chi connectivity index (χ4n) is 1.70. The Morgan fingerprint density at radius 1 is 1.24 bits per heavy atom. The van der Waals surface area contributed by atoms with Crippen LogP contribution < -0.4 is 0 Å². The highest BCUT2D eigenvalue weighted by molar-refractivity contribution is 6.29. The molecule has 0 atom stereocenters. The molecule has 5 heteroatoms. The minimum Gasteiger partial charge on any atom is -0.275 e. The molecule has 90 valence electrons. The molecule has 0 unspecified atom stereocenters. The molecule has 0 aromatic carbocycles. The molecule has 2 aromatic rings. The van der Waals surface area contributed by atoms with Gasteiger partial charge in [-0.25, -0.2) is 0 Å². The molecule has 0 spiro atoms. The molecule has 0 radical (unpaired) electrons. The largest absolute Gasteiger partial charge is 0.275 e. The predicted octanol–water partition coefficient (Wildman–Crippen LogP) is 2.83. The molecule has 0 saturated heterocycles. The summed E-state index contributed by atoms with van der Waals surface area (Å²) in [5.74, 6) is 0. The average Bonchev–Trinajstić information content (AvgIpc) is 2.62. The lowest BCUT2D eigenvalue weighted by molar-refractivity contribution is 0.561. The topological polar surface area (TPSA) is 43.6 Å². The van der Waals surface area contributed by atoms with E-state index in [4.69, 9.17) is 11.6 Å². The molecule has 0 fully saturated rings. The van der Waals surface area contributed by atoms with Crippen LogP contribution >= 0.6 is 11.6 Å². The Morgan fingerprint density at radius 2 is 1.94 bits per heavy atom. The summed E-state index contributed by atoms with van der Waals surface area (Å²) in [5, 5.41) is 12.7. The quantitative estimate of drug-likeness (QED) is 0.782. The Bertz CT molecular complexity index is 540. The summed E-state index contributed by atoms with van der Waals surface area (Å²) >= 11 is 5.92. The lowest BCUT2D eigenvalue weighted by atomic mass is 9.87. The fraction of sp³-hybridized carbons (Fsp3) is 0.417. The monoisotopic (exact) mass is 250 g/mol. The third kappa shape index (κ3) is 2.47. The first-order chi connectivity index (χ1) is 7.88. The minimum absolute atomic E-state index is 0.0806. The number of rotatable bonds is 1. The van der Waals surface area contributed by atoms with E-state index in [1.54, 1.807) is 4.68 Å². The second kappa shape index (κ2) is 4.11. The molecule has 4 nitrogen and oxygen atoms in total. The second-order valence-electron chi connectivity index (χ2n) is 5.08. The van der Waals surface area contributed by atoms with Crippen molar-refractivity contribution in [3.05, 3.63) is 29.3 Å². The van der Waals surface area contributed by atoms with E-state index in [2.05, 4.69) is 36.1 Å². The fourth-order valence-corrected chi connectivity index (χ4v) is 1.85. The van der Waals surface area contributed by atoms with Crippen LogP contribution in [0.2, 0.25) is 5.15 Å². The van der Waals surface area contributed by atoms with E-state index in [9.17, 15) is 0 Å². The summed E-state index contributed by atoms with van der Waals surface area (Å²) in [4.78, 5) is 0. The number of hydrogen-bond acceptors (Lipinski definition) is 3. The van der Waals surface area contributed by atoms with Crippen LogP contribution in [0, 0.1) is 0 Å². The number of nitrogens with zero attached hydrogens (tertiary/aromatic N) is 4. The molecule has 0 amide bonds. The van der Waals surface area contributed by atoms with Gasteiger partial charge in [0.1, 0.15) is 0 Å². The van der Waals surface area contributed by atoms with Crippen LogP contribution in [0.5, 0.6) is 0 Å². The molecule has 0 aliphatic carbocycles. The van der Waals surface area contributed by atoms with Gasteiger partial charge in [0.2, 0.25) is 0 Å². The zero-order valence-electron chi connectivity index (χ0n) is 10.4. The summed E-state index contributed by atoms with van der Waals surface area (Å²) in [5.41, 5.74) is 2.85. The maximum atomic E-state index is 5.92. The van der Waals surface area contributed by atoms with Crippen molar-refractivity contribution in [2.45, 2.75) is 26.2 Å². The normalized spacial score (nSPS) is 11.8. The SMILES string of the molecule is Cn1cc(-c2cc(Cl)nnc2C(C)(C)C)cn1. The van der Waals surface area contributed by atoms with Gasteiger partial charge in [-0.3, -0.25) is 4.68 Å². The summed E-state index contributed by atoms with van der Waals surface area (Å²) in [7, 11) is 1.89. The highest BCUT2D eigenvalue weighted by Crippen LogP contribution is 2.31. The molecular formula is C12H15ClN4. The van der Waals surface area contributed by atoms with E-state index in [0.717, 1.165) is 16.8 Å². The van der Waals surface area contributed by atoms with Crippen LogP contribution in [0.15, 0.2) is 18.5 Å². The summed E-state index contributed by atoms with van der Waals surface area (Å²) in [6, 6.07) is 1.84. The van der Waals surface area contributed by atoms with Crippen molar-refractivity contribution in [3.63, 3.8) is 0 Å². The van der Waals surface area contributed by atoms with Gasteiger partial charge in [0.15, 0.2) is 5.15 Å². The van der Waals surface area contributed by atoms with Gasteiger partial charge in [0.25, 0.3) is 0 Å². The van der Waals surface area contributed by atoms with Crippen LogP contribution in [0.4, 0.5) is 0 Å². The lowest BCUT2D eigenvalue weighted by Crippen LogP contribution is -2.16. The van der Waals surface area contributed by atoms with E-state index < -0.39 is 0 Å². The van der Waals surface area contributed by atoms with Crippen LogP contribution in [-0.4, -0.2) is 20.0 Å². The van der Waals surface area contributed by atoms with Crippen LogP contribution in [0.3, 0.4) is 0 Å². The van der Waals surface area contributed by atoms with E-state index >= 15 is 0 Å². The summed E-state index contributed by atoms with van der Waals surface area (Å²) in [6.07, 6.45) is 3.76. The smallest absolute Gasteiger partial charge is 0.152 e. The first-order valence-corrected chi connectivity index (χ1v) is 5.78. The number of aromatic nitrogens is 4. The van der Waals surface area contributed by atoms with Crippen LogP contribution in [0.1, 0.15) is 26.5 Å². The van der Waals surface area contributed by atoms with Gasteiger partial charge in [-0.15, -0.1) is 5.10 Å². The van der Waals surface area contributed by atoms with Crippen LogP contribution in [-0.2, 0) is 12.5 Å². The highest BCUT2D eigenvalue weighted by atomic mass is 35.5. The Balaban J connectivity index is 2.63. The molecule has 17 heavy (non-hydrogen) atoms. The molecule has 0 bridgehead atoms. The second-order valence-corrected chi connectivity index (χ2v) is 5.47. The maximum Gasteiger partial charge on any atom is 0.152 e. The maximum absolute atomic E-state index is 5.92. The molecule has 2 heterocycles. The Kier molecular flexibility index (Phi) is 2.91. The number of hydrogen-bond donors (Lipinski definition) is 0. The summed E-state index contributed by atoms with van der Waals surface area (Å²) < 4.78 is 1.76. The third-order valence-corrected chi connectivity index (χ3v) is 2.68. The van der Waals surface area contributed by atoms with Crippen molar-refractivity contribution >= 4 is 11.6 Å². The van der Waals surface area contributed by atoms with E-state index in [1.807, 2.05) is 25.5 Å². The molecule has 0 aliphatic rings. The van der Waals surface area contributed by atoms with Gasteiger partial charge in [0, 0.05) is 29.8 Å². The lowest BCUT2D eigenvalue weighted by Gasteiger charge is -2.20. The van der Waals surface area contributed by atoms with Crippen molar-refractivity contribution < 1.29 is 0 Å². The molecule has 2 aromatic heterocycles. The van der Waals surface area contributed by atoms with Gasteiger partial charge >= 0.3 is 0 Å². The van der Waals surface area contributed by atoms with E-state index in [1.165, 1.54) is 0 Å². The van der Waals surface area contributed by atoms with Gasteiger partial charge < -0.3 is 0 Å². The first-order valence-electron chi connectivity index (χ1n) is 5.40. The predicted molar refractivity (Wildman–Crippen MR) is 67.9 cm³/mol. The third-order valence-electron chi connectivity index (χ3n) is 2.49. The Labute approximate surface area is 106 Å². The first kappa shape index (κ1) is 12.0. The Morgan fingerprint density at radius 3 is 2.47 bits per heavy atom. The highest BCUT2D eigenvalue weighted by Gasteiger charge is 2.22. The Hall–Kier alpha value is -1.42. The van der Waals surface area contributed by atoms with Crippen molar-refractivity contribution in [2.24, 2.45) is 7.05 Å². The molecule has 0 N–H and O–H groups in total. The standard InChI is InChI=1S/C12H15ClN4/c1-12(2,3)11-9(5-10(13)15-16-11)8-6-14-17(4)7-8/h5-7H,1-4H3. The van der Waals surface area contributed by atoms with Crippen LogP contribution in [0.25, 0.3) is 11.1 Å². The van der Waals surface area contributed by atoms with Gasteiger partial charge in [0.05, 0.1) is 11.9 Å². The van der Waals surface area contributed by atoms with Gasteiger partial charge in [-0.2, -0.15) is 10.2 Å². The zero-order chi connectivity index (χ0) is 12.6. The number of aryl methyl sites for hydroxylation is 1. The van der Waals surface area contributed by atoms with E-state index in [-0.39, 0.29) is 5.41 Å². The van der Waals surface area contributed by atoms with Crippen molar-refractivity contribution in [1.29, 1.82) is 0 Å². The van der Waals surface area contributed by atoms with Crippen molar-refractivity contribution in [3.8, 4) is 11.1 Å². The molecule has 0 saturated carbocycles. The van der Waals surface area contributed by atoms with Crippen molar-refractivity contribution in [1.82, 2.24) is 20.0 Å². The van der Waals surface area contributed by atoms with Crippen molar-refractivity contribution in [2.75, 3.05) is 0 Å². The van der Waals surface area contributed by atoms with Gasteiger partial charge in [-0.05, 0) is 6.07 Å². The molecule has 0 aliphatic heterocycles. The molecule has 2 rings (SSSR count). The van der Waals surface area contributed by atoms with E-state index in [0.29, 0.717) is 5.15 Å². The summed E-state index contributed by atoms with van der Waals surface area (Å²) in [6.45, 7) is 6.31. The molecular weight excluding hydrogens is 236 g/mol. The zero-order valence-corrected chi connectivity index (χ0v) is 11.2.